The predicted molar refractivity (Wildman–Crippen MR) is 109 cm³/mol. The fourth-order valence-electron chi connectivity index (χ4n) is 2.85. The maximum Gasteiger partial charge on any atom is 0.344 e. The van der Waals surface area contributed by atoms with E-state index in [1.807, 2.05) is 30.3 Å². The highest BCUT2D eigenvalue weighted by Gasteiger charge is 2.43. The van der Waals surface area contributed by atoms with Crippen LogP contribution in [-0.4, -0.2) is 38.0 Å². The van der Waals surface area contributed by atoms with E-state index in [-0.39, 0.29) is 31.7 Å². The molecular weight excluding hydrogens is 365 g/mol. The number of hydrogen-bond donors (Lipinski definition) is 1. The van der Waals surface area contributed by atoms with E-state index in [0.29, 0.717) is 13.0 Å². The van der Waals surface area contributed by atoms with Crippen LogP contribution in [0.25, 0.3) is 0 Å². The summed E-state index contributed by atoms with van der Waals surface area (Å²) in [5.74, 6) is -0.156. The van der Waals surface area contributed by atoms with Gasteiger partial charge in [0.1, 0.15) is 0 Å². The molecule has 1 unspecified atom stereocenters. The Morgan fingerprint density at radius 2 is 1.63 bits per heavy atom. The molecule has 1 rings (SSSR count). The summed E-state index contributed by atoms with van der Waals surface area (Å²) >= 11 is 0. The average molecular weight is 399 g/mol. The molecule has 0 spiro atoms. The number of para-hydroxylation sites is 1. The van der Waals surface area contributed by atoms with Crippen molar-refractivity contribution in [3.63, 3.8) is 0 Å². The summed E-state index contributed by atoms with van der Waals surface area (Å²) in [6, 6.07) is 9.87. The molecule has 1 aromatic rings. The summed E-state index contributed by atoms with van der Waals surface area (Å²) < 4.78 is 29.4. The molecule has 7 heteroatoms. The number of ether oxygens (including phenoxy) is 1. The van der Waals surface area contributed by atoms with Crippen molar-refractivity contribution in [2.75, 3.05) is 31.7 Å². The lowest BCUT2D eigenvalue weighted by Gasteiger charge is -2.30. The lowest BCUT2D eigenvalue weighted by molar-refractivity contribution is -0.143. The van der Waals surface area contributed by atoms with Crippen LogP contribution in [0.1, 0.15) is 41.0 Å². The predicted octanol–water partition coefficient (Wildman–Crippen LogP) is 4.96. The number of nitrogens with one attached hydrogen (secondary N) is 1. The van der Waals surface area contributed by atoms with Crippen LogP contribution >= 0.6 is 7.60 Å². The van der Waals surface area contributed by atoms with E-state index in [1.54, 1.807) is 20.8 Å². The maximum absolute atomic E-state index is 13.3. The average Bonchev–Trinajstić information content (AvgIpc) is 2.62. The Bertz CT molecular complexity index is 583. The summed E-state index contributed by atoms with van der Waals surface area (Å²) in [4.78, 5) is 12.6. The van der Waals surface area contributed by atoms with Gasteiger partial charge in [-0.15, -0.1) is 0 Å². The molecule has 0 aromatic heterocycles. The quantitative estimate of drug-likeness (QED) is 0.373. The van der Waals surface area contributed by atoms with Crippen molar-refractivity contribution in [2.45, 2.75) is 46.7 Å². The van der Waals surface area contributed by atoms with Crippen molar-refractivity contribution in [1.82, 2.24) is 0 Å². The molecular formula is C20H34NO5P. The normalized spacial score (nSPS) is 14.0. The van der Waals surface area contributed by atoms with Crippen molar-refractivity contribution >= 4 is 19.3 Å². The number of anilines is 1. The third-order valence-electron chi connectivity index (χ3n) is 4.37. The zero-order valence-electron chi connectivity index (χ0n) is 17.1. The van der Waals surface area contributed by atoms with Gasteiger partial charge in [0, 0.05) is 12.2 Å². The van der Waals surface area contributed by atoms with Gasteiger partial charge in [-0.25, -0.2) is 0 Å². The highest BCUT2D eigenvalue weighted by Crippen LogP contribution is 2.55. The maximum atomic E-state index is 13.3. The van der Waals surface area contributed by atoms with Gasteiger partial charge in [0.15, 0.2) is 5.66 Å². The van der Waals surface area contributed by atoms with Crippen molar-refractivity contribution in [3.05, 3.63) is 30.3 Å². The summed E-state index contributed by atoms with van der Waals surface area (Å²) in [6.45, 7) is 10.7. The topological polar surface area (TPSA) is 73.9 Å². The second-order valence-electron chi connectivity index (χ2n) is 6.63. The minimum absolute atomic E-state index is 0.0915. The third-order valence-corrected chi connectivity index (χ3v) is 6.79. The Kier molecular flexibility index (Phi) is 10.7. The number of esters is 1. The van der Waals surface area contributed by atoms with Gasteiger partial charge < -0.3 is 19.1 Å². The number of carbonyl (C=O) groups excluding carboxylic acids is 1. The third kappa shape index (κ3) is 7.65. The monoisotopic (exact) mass is 399 g/mol. The lowest BCUT2D eigenvalue weighted by atomic mass is 9.90. The molecule has 27 heavy (non-hydrogen) atoms. The van der Waals surface area contributed by atoms with Crippen LogP contribution in [0.2, 0.25) is 0 Å². The van der Waals surface area contributed by atoms with Crippen LogP contribution in [-0.2, 0) is 23.1 Å². The van der Waals surface area contributed by atoms with E-state index < -0.39 is 19.2 Å². The second kappa shape index (κ2) is 12.2. The molecule has 0 radical (unpaired) electrons. The summed E-state index contributed by atoms with van der Waals surface area (Å²) in [6.07, 6.45) is 0.369. The van der Waals surface area contributed by atoms with Crippen molar-refractivity contribution < 1.29 is 23.1 Å². The lowest BCUT2D eigenvalue weighted by Crippen LogP contribution is -2.32. The standard InChI is InChI=1S/C20H34NO5P/c1-6-24-20(22)19(27(23,25-7-2)26-8-3)14-17(16(4)5)15-21-18-12-10-9-11-13-18/h9-13,16-17,19,21H,6-8,14-15H2,1-5H3/t17-,19?/m1/s1. The molecule has 0 amide bonds. The smallest absolute Gasteiger partial charge is 0.344 e. The first-order chi connectivity index (χ1) is 12.9. The van der Waals surface area contributed by atoms with Gasteiger partial charge in [-0.1, -0.05) is 32.0 Å². The largest absolute Gasteiger partial charge is 0.465 e. The molecule has 0 aliphatic heterocycles. The minimum Gasteiger partial charge on any atom is -0.465 e. The highest BCUT2D eigenvalue weighted by molar-refractivity contribution is 7.55. The van der Waals surface area contributed by atoms with E-state index >= 15 is 0 Å². The molecule has 154 valence electrons. The summed E-state index contributed by atoms with van der Waals surface area (Å²) in [5, 5.41) is 3.39. The van der Waals surface area contributed by atoms with Crippen LogP contribution in [0.4, 0.5) is 5.69 Å². The molecule has 0 saturated carbocycles. The van der Waals surface area contributed by atoms with Crippen LogP contribution in [0.3, 0.4) is 0 Å². The van der Waals surface area contributed by atoms with Crippen LogP contribution in [0, 0.1) is 11.8 Å². The van der Waals surface area contributed by atoms with E-state index in [4.69, 9.17) is 13.8 Å². The Morgan fingerprint density at radius 3 is 2.11 bits per heavy atom. The zero-order chi connectivity index (χ0) is 20.3. The van der Waals surface area contributed by atoms with Gasteiger partial charge in [-0.2, -0.15) is 0 Å². The molecule has 2 atom stereocenters. The SMILES string of the molecule is CCOC(=O)C(C[C@H](CNc1ccccc1)C(C)C)P(=O)(OCC)OCC. The van der Waals surface area contributed by atoms with Gasteiger partial charge in [-0.05, 0) is 51.2 Å². The van der Waals surface area contributed by atoms with Gasteiger partial charge in [0.05, 0.1) is 19.8 Å². The van der Waals surface area contributed by atoms with Crippen LogP contribution < -0.4 is 5.32 Å². The molecule has 0 saturated heterocycles. The molecule has 0 fully saturated rings. The van der Waals surface area contributed by atoms with Crippen LogP contribution in [0.5, 0.6) is 0 Å². The van der Waals surface area contributed by atoms with Crippen LogP contribution in [0.15, 0.2) is 30.3 Å². The molecule has 0 aliphatic carbocycles. The van der Waals surface area contributed by atoms with Crippen molar-refractivity contribution in [3.8, 4) is 0 Å². The Morgan fingerprint density at radius 1 is 1.04 bits per heavy atom. The van der Waals surface area contributed by atoms with E-state index in [9.17, 15) is 9.36 Å². The van der Waals surface area contributed by atoms with E-state index in [0.717, 1.165) is 5.69 Å². The highest BCUT2D eigenvalue weighted by atomic mass is 31.2. The Labute approximate surface area is 163 Å². The first-order valence-electron chi connectivity index (χ1n) is 9.72. The van der Waals surface area contributed by atoms with Gasteiger partial charge in [0.2, 0.25) is 0 Å². The van der Waals surface area contributed by atoms with Crippen molar-refractivity contribution in [1.29, 1.82) is 0 Å². The fraction of sp³-hybridized carbons (Fsp3) is 0.650. The number of hydrogen-bond acceptors (Lipinski definition) is 6. The van der Waals surface area contributed by atoms with Gasteiger partial charge >= 0.3 is 13.6 Å². The van der Waals surface area contributed by atoms with Gasteiger partial charge in [-0.3, -0.25) is 9.36 Å². The molecule has 1 aromatic carbocycles. The molecule has 0 heterocycles. The first kappa shape index (κ1) is 23.7. The van der Waals surface area contributed by atoms with E-state index in [1.165, 1.54) is 0 Å². The second-order valence-corrected chi connectivity index (χ2v) is 8.85. The van der Waals surface area contributed by atoms with E-state index in [2.05, 4.69) is 19.2 Å². The Hall–Kier alpha value is -1.36. The minimum atomic E-state index is -3.61. The fourth-order valence-corrected chi connectivity index (χ4v) is 4.87. The number of carbonyl (C=O) groups is 1. The molecule has 0 bridgehead atoms. The summed E-state index contributed by atoms with van der Waals surface area (Å²) in [5.41, 5.74) is 0.0796. The summed E-state index contributed by atoms with van der Waals surface area (Å²) in [7, 11) is -3.61. The number of benzene rings is 1. The Balaban J connectivity index is 3.00. The van der Waals surface area contributed by atoms with Crippen molar-refractivity contribution in [2.24, 2.45) is 11.8 Å². The first-order valence-corrected chi connectivity index (χ1v) is 11.3. The zero-order valence-corrected chi connectivity index (χ0v) is 18.0. The number of rotatable bonds is 13. The van der Waals surface area contributed by atoms with Gasteiger partial charge in [0.25, 0.3) is 0 Å². The molecule has 1 N–H and O–H groups in total. The molecule has 6 nitrogen and oxygen atoms in total. The molecule has 0 aliphatic rings.